The first-order valence-electron chi connectivity index (χ1n) is 18.6. The van der Waals surface area contributed by atoms with Gasteiger partial charge in [0, 0.05) is 49.3 Å². The molecule has 12 rings (SSSR count). The number of nitrogens with zero attached hydrogens (tertiary/aromatic N) is 4. The Morgan fingerprint density at radius 3 is 1.51 bits per heavy atom. The average Bonchev–Trinajstić information content (AvgIpc) is 3.91. The van der Waals surface area contributed by atoms with Crippen LogP contribution in [-0.2, 0) is 0 Å². The van der Waals surface area contributed by atoms with Gasteiger partial charge in [0.1, 0.15) is 5.82 Å². The first-order valence-corrected chi connectivity index (χ1v) is 18.6. The van der Waals surface area contributed by atoms with Gasteiger partial charge in [-0.3, -0.25) is 9.20 Å². The third kappa shape index (κ3) is 4.23. The summed E-state index contributed by atoms with van der Waals surface area (Å²) in [5, 5.41) is 7.44. The summed E-state index contributed by atoms with van der Waals surface area (Å²) in [5.74, 6) is 0.657. The van der Waals surface area contributed by atoms with Crippen molar-refractivity contribution < 1.29 is 0 Å². The van der Waals surface area contributed by atoms with Crippen LogP contribution in [0.15, 0.2) is 187 Å². The van der Waals surface area contributed by atoms with Crippen molar-refractivity contribution in [3.8, 4) is 33.9 Å². The Hall–Kier alpha value is -7.50. The fraction of sp³-hybridized carbons (Fsp3) is 0. The molecule has 0 spiro atoms. The van der Waals surface area contributed by atoms with Crippen LogP contribution < -0.4 is 5.56 Å². The van der Waals surface area contributed by atoms with Crippen molar-refractivity contribution >= 4 is 70.8 Å². The van der Waals surface area contributed by atoms with E-state index >= 15 is 0 Å². The molecule has 55 heavy (non-hydrogen) atoms. The second-order valence-electron chi connectivity index (χ2n) is 14.4. The first-order chi connectivity index (χ1) is 27.2. The third-order valence-corrected chi connectivity index (χ3v) is 11.4. The van der Waals surface area contributed by atoms with Crippen molar-refractivity contribution in [3.05, 3.63) is 192 Å². The van der Waals surface area contributed by atoms with E-state index in [-0.39, 0.29) is 5.56 Å². The first kappa shape index (κ1) is 30.0. The molecule has 0 fully saturated rings. The van der Waals surface area contributed by atoms with Gasteiger partial charge in [-0.2, -0.15) is 0 Å². The van der Waals surface area contributed by atoms with E-state index in [0.717, 1.165) is 55.3 Å². The lowest BCUT2D eigenvalue weighted by Crippen LogP contribution is -2.14. The van der Waals surface area contributed by atoms with Gasteiger partial charge in [0.05, 0.1) is 33.1 Å². The normalized spacial score (nSPS) is 12.1. The average molecular weight is 703 g/mol. The number of imidazole rings is 1. The molecule has 5 heteroatoms. The molecule has 0 saturated heterocycles. The molecule has 0 unspecified atom stereocenters. The zero-order valence-electron chi connectivity index (χ0n) is 29.5. The van der Waals surface area contributed by atoms with E-state index < -0.39 is 0 Å². The molecule has 0 atom stereocenters. The molecule has 4 heterocycles. The van der Waals surface area contributed by atoms with Gasteiger partial charge in [-0.25, -0.2) is 4.98 Å². The van der Waals surface area contributed by atoms with E-state index in [1.165, 1.54) is 38.1 Å². The van der Waals surface area contributed by atoms with Crippen molar-refractivity contribution in [2.75, 3.05) is 0 Å². The Morgan fingerprint density at radius 1 is 0.364 bits per heavy atom. The lowest BCUT2D eigenvalue weighted by atomic mass is 10.0. The van der Waals surface area contributed by atoms with Crippen LogP contribution in [-0.4, -0.2) is 18.5 Å². The summed E-state index contributed by atoms with van der Waals surface area (Å²) in [6.07, 6.45) is 0. The zero-order valence-corrected chi connectivity index (χ0v) is 29.5. The van der Waals surface area contributed by atoms with Gasteiger partial charge >= 0.3 is 0 Å². The zero-order chi connectivity index (χ0) is 36.2. The van der Waals surface area contributed by atoms with Gasteiger partial charge in [0.15, 0.2) is 0 Å². The molecule has 0 bridgehead atoms. The second-order valence-corrected chi connectivity index (χ2v) is 14.4. The topological polar surface area (TPSA) is 44.2 Å². The maximum Gasteiger partial charge on any atom is 0.264 e. The molecular formula is C50H30N4O. The van der Waals surface area contributed by atoms with E-state index in [1.54, 1.807) is 4.40 Å². The third-order valence-electron chi connectivity index (χ3n) is 11.4. The van der Waals surface area contributed by atoms with Crippen molar-refractivity contribution in [2.24, 2.45) is 0 Å². The number of benzene rings is 8. The highest BCUT2D eigenvalue weighted by Crippen LogP contribution is 2.40. The molecule has 0 radical (unpaired) electrons. The summed E-state index contributed by atoms with van der Waals surface area (Å²) in [6.45, 7) is 0. The number of para-hydroxylation sites is 3. The minimum Gasteiger partial charge on any atom is -0.309 e. The van der Waals surface area contributed by atoms with E-state index in [2.05, 4.69) is 143 Å². The summed E-state index contributed by atoms with van der Waals surface area (Å²) in [6, 6.07) is 63.9. The molecule has 4 aromatic heterocycles. The van der Waals surface area contributed by atoms with E-state index in [9.17, 15) is 4.79 Å². The highest BCUT2D eigenvalue weighted by atomic mass is 16.1. The van der Waals surface area contributed by atoms with E-state index in [4.69, 9.17) is 4.98 Å². The van der Waals surface area contributed by atoms with Crippen LogP contribution in [0.5, 0.6) is 0 Å². The van der Waals surface area contributed by atoms with Crippen molar-refractivity contribution in [1.29, 1.82) is 0 Å². The van der Waals surface area contributed by atoms with Crippen LogP contribution in [0.25, 0.3) is 105 Å². The van der Waals surface area contributed by atoms with Crippen molar-refractivity contribution in [2.45, 2.75) is 0 Å². The Labute approximate surface area is 314 Å². The number of rotatable bonds is 4. The molecule has 0 aliphatic rings. The van der Waals surface area contributed by atoms with Gasteiger partial charge in [-0.05, 0) is 83.2 Å². The monoisotopic (exact) mass is 702 g/mol. The molecule has 0 saturated carbocycles. The molecular weight excluding hydrogens is 673 g/mol. The summed E-state index contributed by atoms with van der Waals surface area (Å²) in [4.78, 5) is 19.2. The van der Waals surface area contributed by atoms with Crippen LogP contribution in [0, 0.1) is 0 Å². The Bertz CT molecular complexity index is 3560. The Balaban J connectivity index is 1.09. The molecule has 0 N–H and O–H groups in total. The molecule has 256 valence electrons. The number of hydrogen-bond acceptors (Lipinski definition) is 2. The molecule has 0 aliphatic carbocycles. The fourth-order valence-electron chi connectivity index (χ4n) is 8.97. The van der Waals surface area contributed by atoms with Gasteiger partial charge in [0.2, 0.25) is 0 Å². The largest absolute Gasteiger partial charge is 0.309 e. The summed E-state index contributed by atoms with van der Waals surface area (Å²) >= 11 is 0. The predicted octanol–water partition coefficient (Wildman–Crippen LogP) is 12.0. The van der Waals surface area contributed by atoms with Crippen LogP contribution in [0.4, 0.5) is 0 Å². The SMILES string of the molecule is O=c1c2ccccc2c2cc(-n3c4ccccc4c4cc(-c5ccc6c(c5)c5ccccc5n6-c5ccccc5)ccc43)cc3nc(-c4ccccc4)n1c32. The Morgan fingerprint density at radius 2 is 0.873 bits per heavy atom. The quantitative estimate of drug-likeness (QED) is 0.171. The lowest BCUT2D eigenvalue weighted by molar-refractivity contribution is 1.13. The number of aromatic nitrogens is 4. The minimum absolute atomic E-state index is 0.0515. The molecule has 5 nitrogen and oxygen atoms in total. The standard InChI is InChI=1S/C50H30N4O/c55-50-39-20-8-7-17-36(39)42-29-35(30-43-48(42)54(50)49(51-43)31-13-3-1-4-14-31)53-45-22-12-10-19-38(45)41-28-33(24-26-47(41)53)32-23-25-46-40(27-32)37-18-9-11-21-44(37)52(46)34-15-5-2-6-16-34/h1-30H. The van der Waals surface area contributed by atoms with Gasteiger partial charge in [-0.15, -0.1) is 0 Å². The van der Waals surface area contributed by atoms with Gasteiger partial charge in [-0.1, -0.05) is 115 Å². The van der Waals surface area contributed by atoms with Crippen LogP contribution in [0.3, 0.4) is 0 Å². The number of pyridine rings is 1. The van der Waals surface area contributed by atoms with E-state index in [1.807, 2.05) is 48.5 Å². The van der Waals surface area contributed by atoms with Crippen molar-refractivity contribution in [1.82, 2.24) is 18.5 Å². The number of hydrogen-bond donors (Lipinski definition) is 0. The van der Waals surface area contributed by atoms with Crippen LogP contribution in [0.1, 0.15) is 0 Å². The van der Waals surface area contributed by atoms with Gasteiger partial charge < -0.3 is 9.13 Å². The summed E-state index contributed by atoms with van der Waals surface area (Å²) < 4.78 is 6.51. The molecule has 8 aromatic carbocycles. The molecule has 0 amide bonds. The predicted molar refractivity (Wildman–Crippen MR) is 227 cm³/mol. The van der Waals surface area contributed by atoms with E-state index in [0.29, 0.717) is 11.2 Å². The second kappa shape index (κ2) is 11.3. The fourth-order valence-corrected chi connectivity index (χ4v) is 8.97. The smallest absolute Gasteiger partial charge is 0.264 e. The van der Waals surface area contributed by atoms with Crippen LogP contribution >= 0.6 is 0 Å². The number of fused-ring (bicyclic) bond motifs is 8. The molecule has 0 aliphatic heterocycles. The lowest BCUT2D eigenvalue weighted by Gasteiger charge is -2.12. The summed E-state index contributed by atoms with van der Waals surface area (Å²) in [5.41, 5.74) is 11.6. The molecule has 12 aromatic rings. The maximum absolute atomic E-state index is 14.1. The minimum atomic E-state index is -0.0515. The van der Waals surface area contributed by atoms with Gasteiger partial charge in [0.25, 0.3) is 5.56 Å². The summed E-state index contributed by atoms with van der Waals surface area (Å²) in [7, 11) is 0. The van der Waals surface area contributed by atoms with Crippen LogP contribution in [0.2, 0.25) is 0 Å². The van der Waals surface area contributed by atoms with Crippen molar-refractivity contribution in [3.63, 3.8) is 0 Å². The Kier molecular flexibility index (Phi) is 6.14. The highest BCUT2D eigenvalue weighted by molar-refractivity contribution is 6.15. The highest BCUT2D eigenvalue weighted by Gasteiger charge is 2.22. The maximum atomic E-state index is 14.1.